The molecule has 0 spiro atoms. The average Bonchev–Trinajstić information content (AvgIpc) is 3.10. The van der Waals surface area contributed by atoms with Crippen LogP contribution in [0, 0.1) is 5.82 Å². The minimum Gasteiger partial charge on any atom is -0.350 e. The van der Waals surface area contributed by atoms with Crippen LogP contribution in [0.5, 0.6) is 0 Å². The number of halogens is 2. The number of aromatic nitrogens is 2. The summed E-state index contributed by atoms with van der Waals surface area (Å²) in [7, 11) is 0. The average molecular weight is 422 g/mol. The second kappa shape index (κ2) is 7.52. The van der Waals surface area contributed by atoms with E-state index in [1.165, 1.54) is 12.1 Å². The minimum atomic E-state index is -0.370. The van der Waals surface area contributed by atoms with Gasteiger partial charge in [-0.2, -0.15) is 0 Å². The molecule has 2 bridgehead atoms. The number of hydrogen-bond acceptors (Lipinski definition) is 4. The molecule has 2 unspecified atom stereocenters. The van der Waals surface area contributed by atoms with E-state index < -0.39 is 0 Å². The van der Waals surface area contributed by atoms with Crippen molar-refractivity contribution in [3.8, 4) is 0 Å². The molecule has 2 aromatic rings. The molecule has 6 nitrogen and oxygen atoms in total. The summed E-state index contributed by atoms with van der Waals surface area (Å²) in [5.74, 6) is 0.515. The number of nitrogens with zero attached hydrogens (tertiary/aromatic N) is 3. The molecular formula is C21H29ClFN5O. The highest BCUT2D eigenvalue weighted by atomic mass is 35.5. The molecule has 2 saturated heterocycles. The van der Waals surface area contributed by atoms with Crippen molar-refractivity contribution in [2.75, 3.05) is 19.6 Å². The third-order valence-electron chi connectivity index (χ3n) is 5.97. The zero-order chi connectivity index (χ0) is 20.9. The lowest BCUT2D eigenvalue weighted by Crippen LogP contribution is -2.57. The van der Waals surface area contributed by atoms with Crippen LogP contribution in [0.15, 0.2) is 12.1 Å². The van der Waals surface area contributed by atoms with E-state index in [0.717, 1.165) is 31.8 Å². The summed E-state index contributed by atoms with van der Waals surface area (Å²) in [5.41, 5.74) is 1.02. The van der Waals surface area contributed by atoms with Gasteiger partial charge in [0.25, 0.3) is 0 Å². The predicted octanol–water partition coefficient (Wildman–Crippen LogP) is 3.48. The largest absolute Gasteiger partial charge is 0.350 e. The molecule has 158 valence electrons. The first-order valence-electron chi connectivity index (χ1n) is 10.3. The summed E-state index contributed by atoms with van der Waals surface area (Å²) >= 11 is 6.16. The first-order valence-corrected chi connectivity index (χ1v) is 10.6. The molecule has 2 N–H and O–H groups in total. The molecule has 29 heavy (non-hydrogen) atoms. The number of hydrogen-bond donors (Lipinski definition) is 2. The molecule has 8 heteroatoms. The van der Waals surface area contributed by atoms with E-state index in [1.54, 1.807) is 0 Å². The van der Waals surface area contributed by atoms with Crippen molar-refractivity contribution in [2.24, 2.45) is 0 Å². The van der Waals surface area contributed by atoms with Gasteiger partial charge >= 0.3 is 0 Å². The van der Waals surface area contributed by atoms with Gasteiger partial charge in [0.05, 0.1) is 23.1 Å². The summed E-state index contributed by atoms with van der Waals surface area (Å²) in [6.45, 7) is 10.4. The number of carbonyl (C=O) groups excluding carboxylic acids is 1. The van der Waals surface area contributed by atoms with Crippen LogP contribution in [-0.4, -0.2) is 62.9 Å². The molecule has 4 rings (SSSR count). The SMILES string of the molecule is C[C@@H](c1nc2c(Cl)cc(F)cc2[nH]1)N1CC2CCC(C1)N2CC(=O)NC(C)(C)C. The topological polar surface area (TPSA) is 64.3 Å². The molecule has 1 aromatic carbocycles. The maximum atomic E-state index is 13.6. The lowest BCUT2D eigenvalue weighted by Gasteiger charge is -2.43. The van der Waals surface area contributed by atoms with Crippen LogP contribution in [0.4, 0.5) is 4.39 Å². The van der Waals surface area contributed by atoms with Crippen LogP contribution in [0.1, 0.15) is 52.4 Å². The number of imidazole rings is 1. The molecular weight excluding hydrogens is 393 g/mol. The summed E-state index contributed by atoms with van der Waals surface area (Å²) < 4.78 is 13.6. The van der Waals surface area contributed by atoms with Gasteiger partial charge in [0.15, 0.2) is 0 Å². The Morgan fingerprint density at radius 2 is 2.00 bits per heavy atom. The van der Waals surface area contributed by atoms with Gasteiger partial charge in [-0.05, 0) is 52.7 Å². The van der Waals surface area contributed by atoms with Crippen LogP contribution in [0.3, 0.4) is 0 Å². The van der Waals surface area contributed by atoms with Crippen molar-refractivity contribution in [3.05, 3.63) is 28.8 Å². The Hall–Kier alpha value is -1.70. The Balaban J connectivity index is 1.46. The van der Waals surface area contributed by atoms with Crippen molar-refractivity contribution in [1.29, 1.82) is 0 Å². The standard InChI is InChI=1S/C21H29ClFN5O/c1-12(20-24-17-8-13(23)7-16(22)19(17)25-20)27-9-14-5-6-15(10-27)28(14)11-18(29)26-21(2,3)4/h7-8,12,14-15H,5-6,9-11H2,1-4H3,(H,24,25)(H,26,29)/t12-,14?,15?/m0/s1. The van der Waals surface area contributed by atoms with Gasteiger partial charge in [-0.3, -0.25) is 14.6 Å². The third-order valence-corrected chi connectivity index (χ3v) is 6.26. The molecule has 3 atom stereocenters. The summed E-state index contributed by atoms with van der Waals surface area (Å²) in [6, 6.07) is 3.52. The lowest BCUT2D eigenvalue weighted by atomic mass is 10.1. The van der Waals surface area contributed by atoms with Crippen LogP contribution in [0.2, 0.25) is 5.02 Å². The number of amides is 1. The summed E-state index contributed by atoms with van der Waals surface area (Å²) in [5, 5.41) is 3.39. The van der Waals surface area contributed by atoms with E-state index in [4.69, 9.17) is 11.6 Å². The quantitative estimate of drug-likeness (QED) is 0.793. The van der Waals surface area contributed by atoms with Crippen LogP contribution < -0.4 is 5.32 Å². The van der Waals surface area contributed by atoms with E-state index in [-0.39, 0.29) is 23.3 Å². The molecule has 0 radical (unpaired) electrons. The zero-order valence-corrected chi connectivity index (χ0v) is 18.2. The second-order valence-corrected chi connectivity index (χ2v) is 9.80. The fourth-order valence-corrected chi connectivity index (χ4v) is 4.90. The van der Waals surface area contributed by atoms with Gasteiger partial charge in [-0.15, -0.1) is 0 Å². The number of piperazine rings is 1. The van der Waals surface area contributed by atoms with E-state index in [9.17, 15) is 9.18 Å². The van der Waals surface area contributed by atoms with Gasteiger partial charge in [0, 0.05) is 30.7 Å². The maximum Gasteiger partial charge on any atom is 0.234 e. The number of nitrogens with one attached hydrogen (secondary N) is 2. The van der Waals surface area contributed by atoms with Gasteiger partial charge in [-0.25, -0.2) is 9.37 Å². The van der Waals surface area contributed by atoms with Crippen molar-refractivity contribution in [3.63, 3.8) is 0 Å². The molecule has 0 saturated carbocycles. The van der Waals surface area contributed by atoms with Crippen molar-refractivity contribution in [1.82, 2.24) is 25.1 Å². The molecule has 3 heterocycles. The predicted molar refractivity (Wildman–Crippen MR) is 112 cm³/mol. The molecule has 2 aliphatic heterocycles. The van der Waals surface area contributed by atoms with Gasteiger partial charge in [0.2, 0.25) is 5.91 Å². The number of fused-ring (bicyclic) bond motifs is 3. The third kappa shape index (κ3) is 4.27. The Kier molecular flexibility index (Phi) is 5.34. The maximum absolute atomic E-state index is 13.6. The van der Waals surface area contributed by atoms with Gasteiger partial charge in [-0.1, -0.05) is 11.6 Å². The van der Waals surface area contributed by atoms with E-state index >= 15 is 0 Å². The molecule has 1 aromatic heterocycles. The fourth-order valence-electron chi connectivity index (χ4n) is 4.65. The van der Waals surface area contributed by atoms with Crippen LogP contribution in [0.25, 0.3) is 11.0 Å². The molecule has 0 aliphatic carbocycles. The smallest absolute Gasteiger partial charge is 0.234 e. The number of likely N-dealkylation sites (tertiary alicyclic amines) is 1. The highest BCUT2D eigenvalue weighted by Gasteiger charge is 2.42. The van der Waals surface area contributed by atoms with Crippen molar-refractivity contribution in [2.45, 2.75) is 64.2 Å². The molecule has 2 aliphatic rings. The Labute approximate surface area is 175 Å². The minimum absolute atomic E-state index is 0.0650. The Bertz CT molecular complexity index is 910. The number of aromatic amines is 1. The zero-order valence-electron chi connectivity index (χ0n) is 17.4. The van der Waals surface area contributed by atoms with Crippen LogP contribution in [-0.2, 0) is 4.79 Å². The Morgan fingerprint density at radius 1 is 1.34 bits per heavy atom. The number of benzene rings is 1. The van der Waals surface area contributed by atoms with E-state index in [0.29, 0.717) is 34.7 Å². The summed E-state index contributed by atoms with van der Waals surface area (Å²) in [4.78, 5) is 25.1. The second-order valence-electron chi connectivity index (χ2n) is 9.39. The Morgan fingerprint density at radius 3 is 2.62 bits per heavy atom. The summed E-state index contributed by atoms with van der Waals surface area (Å²) in [6.07, 6.45) is 2.21. The van der Waals surface area contributed by atoms with E-state index in [1.807, 2.05) is 20.8 Å². The number of H-pyrrole nitrogens is 1. The number of rotatable bonds is 4. The van der Waals surface area contributed by atoms with Gasteiger partial charge in [0.1, 0.15) is 17.2 Å². The normalized spacial score (nSPS) is 24.2. The lowest BCUT2D eigenvalue weighted by molar-refractivity contribution is -0.125. The highest BCUT2D eigenvalue weighted by Crippen LogP contribution is 2.34. The number of carbonyl (C=O) groups is 1. The van der Waals surface area contributed by atoms with Gasteiger partial charge < -0.3 is 10.3 Å². The highest BCUT2D eigenvalue weighted by molar-refractivity contribution is 6.34. The first kappa shape index (κ1) is 20.6. The van der Waals surface area contributed by atoms with Crippen LogP contribution >= 0.6 is 11.6 Å². The first-order chi connectivity index (χ1) is 13.6. The fraction of sp³-hybridized carbons (Fsp3) is 0.619. The monoisotopic (exact) mass is 421 g/mol. The van der Waals surface area contributed by atoms with E-state index in [2.05, 4.69) is 32.0 Å². The van der Waals surface area contributed by atoms with Crippen molar-refractivity contribution < 1.29 is 9.18 Å². The molecule has 2 fully saturated rings. The van der Waals surface area contributed by atoms with Crippen molar-refractivity contribution >= 4 is 28.5 Å². The molecule has 1 amide bonds.